The van der Waals surface area contributed by atoms with Gasteiger partial charge in [-0.2, -0.15) is 0 Å². The van der Waals surface area contributed by atoms with E-state index in [1.807, 2.05) is 13.0 Å². The number of aromatic nitrogens is 2. The zero-order chi connectivity index (χ0) is 15.5. The average molecular weight is 291 g/mol. The van der Waals surface area contributed by atoms with Crippen molar-refractivity contribution in [3.63, 3.8) is 0 Å². The van der Waals surface area contributed by atoms with Gasteiger partial charge in [0.1, 0.15) is 5.82 Å². The van der Waals surface area contributed by atoms with Gasteiger partial charge in [0.05, 0.1) is 0 Å². The van der Waals surface area contributed by atoms with E-state index < -0.39 is 0 Å². The number of halogens is 1. The standard InChI is InChI=1S/C16H22FN3O/c1-11-8-12(10-13(17)9-11)15-20-19-14(21-15)6-5-7-18-16(2,3)4/h8-10,18H,5-7H2,1-4H3. The lowest BCUT2D eigenvalue weighted by Crippen LogP contribution is -2.36. The zero-order valence-corrected chi connectivity index (χ0v) is 13.0. The predicted molar refractivity (Wildman–Crippen MR) is 80.5 cm³/mol. The van der Waals surface area contributed by atoms with Crippen molar-refractivity contribution in [3.05, 3.63) is 35.5 Å². The third-order valence-electron chi connectivity index (χ3n) is 2.98. The summed E-state index contributed by atoms with van der Waals surface area (Å²) < 4.78 is 19.0. The maximum absolute atomic E-state index is 13.4. The monoisotopic (exact) mass is 291 g/mol. The highest BCUT2D eigenvalue weighted by atomic mass is 19.1. The first kappa shape index (κ1) is 15.6. The molecule has 0 radical (unpaired) electrons. The smallest absolute Gasteiger partial charge is 0.247 e. The predicted octanol–water partition coefficient (Wildman–Crippen LogP) is 3.50. The molecule has 5 heteroatoms. The van der Waals surface area contributed by atoms with Crippen molar-refractivity contribution in [2.45, 2.75) is 46.1 Å². The average Bonchev–Trinajstić information content (AvgIpc) is 2.81. The van der Waals surface area contributed by atoms with Crippen LogP contribution in [0.25, 0.3) is 11.5 Å². The minimum atomic E-state index is -0.292. The fourth-order valence-electron chi connectivity index (χ4n) is 2.03. The second-order valence-electron chi connectivity index (χ2n) is 6.30. The summed E-state index contributed by atoms with van der Waals surface area (Å²) in [5.41, 5.74) is 1.57. The van der Waals surface area contributed by atoms with Gasteiger partial charge in [-0.05, 0) is 64.4 Å². The second kappa shape index (κ2) is 6.35. The summed E-state index contributed by atoms with van der Waals surface area (Å²) in [6.45, 7) is 9.11. The summed E-state index contributed by atoms with van der Waals surface area (Å²) in [5.74, 6) is 0.665. The Bertz CT molecular complexity index is 582. The highest BCUT2D eigenvalue weighted by molar-refractivity contribution is 5.53. The Morgan fingerprint density at radius 3 is 2.62 bits per heavy atom. The number of aryl methyl sites for hydroxylation is 2. The summed E-state index contributed by atoms with van der Waals surface area (Å²) in [4.78, 5) is 0. The van der Waals surface area contributed by atoms with Crippen molar-refractivity contribution in [2.24, 2.45) is 0 Å². The fourth-order valence-corrected chi connectivity index (χ4v) is 2.03. The lowest BCUT2D eigenvalue weighted by Gasteiger charge is -2.19. The number of hydrogen-bond donors (Lipinski definition) is 1. The van der Waals surface area contributed by atoms with Gasteiger partial charge in [0.25, 0.3) is 0 Å². The zero-order valence-electron chi connectivity index (χ0n) is 13.0. The molecule has 21 heavy (non-hydrogen) atoms. The van der Waals surface area contributed by atoms with Crippen LogP contribution in [0.3, 0.4) is 0 Å². The Labute approximate surface area is 124 Å². The van der Waals surface area contributed by atoms with E-state index in [9.17, 15) is 4.39 Å². The first-order valence-corrected chi connectivity index (χ1v) is 7.18. The minimum absolute atomic E-state index is 0.110. The van der Waals surface area contributed by atoms with E-state index in [1.54, 1.807) is 0 Å². The van der Waals surface area contributed by atoms with E-state index in [4.69, 9.17) is 4.42 Å². The molecular formula is C16H22FN3O. The summed E-state index contributed by atoms with van der Waals surface area (Å²) in [6, 6.07) is 4.71. The Morgan fingerprint density at radius 1 is 1.19 bits per heavy atom. The Balaban J connectivity index is 1.95. The van der Waals surface area contributed by atoms with Gasteiger partial charge in [0.2, 0.25) is 11.8 Å². The van der Waals surface area contributed by atoms with Gasteiger partial charge in [-0.25, -0.2) is 4.39 Å². The Hall–Kier alpha value is -1.75. The highest BCUT2D eigenvalue weighted by Crippen LogP contribution is 2.21. The van der Waals surface area contributed by atoms with Crippen LogP contribution < -0.4 is 5.32 Å². The maximum Gasteiger partial charge on any atom is 0.247 e. The lowest BCUT2D eigenvalue weighted by atomic mass is 10.1. The molecule has 0 aliphatic heterocycles. The molecule has 4 nitrogen and oxygen atoms in total. The summed E-state index contributed by atoms with van der Waals surface area (Å²) in [5, 5.41) is 11.4. The van der Waals surface area contributed by atoms with E-state index in [0.29, 0.717) is 23.8 Å². The van der Waals surface area contributed by atoms with Crippen LogP contribution in [-0.4, -0.2) is 22.3 Å². The van der Waals surface area contributed by atoms with Crippen LogP contribution in [0.2, 0.25) is 0 Å². The summed E-state index contributed by atoms with van der Waals surface area (Å²) in [6.07, 6.45) is 1.63. The van der Waals surface area contributed by atoms with Gasteiger partial charge in [-0.1, -0.05) is 0 Å². The number of nitrogens with zero attached hydrogens (tertiary/aromatic N) is 2. The Kier molecular flexibility index (Phi) is 4.73. The van der Waals surface area contributed by atoms with E-state index in [1.165, 1.54) is 12.1 Å². The van der Waals surface area contributed by atoms with Gasteiger partial charge in [0, 0.05) is 17.5 Å². The van der Waals surface area contributed by atoms with Crippen LogP contribution in [0, 0.1) is 12.7 Å². The van der Waals surface area contributed by atoms with Crippen LogP contribution in [0.5, 0.6) is 0 Å². The molecule has 1 N–H and O–H groups in total. The van der Waals surface area contributed by atoms with Crippen LogP contribution in [0.15, 0.2) is 22.6 Å². The van der Waals surface area contributed by atoms with Crippen LogP contribution in [0.1, 0.15) is 38.6 Å². The molecule has 1 heterocycles. The summed E-state index contributed by atoms with van der Waals surface area (Å²) >= 11 is 0. The molecule has 1 aromatic carbocycles. The molecule has 2 aromatic rings. The molecule has 0 bridgehead atoms. The largest absolute Gasteiger partial charge is 0.421 e. The van der Waals surface area contributed by atoms with E-state index >= 15 is 0 Å². The number of rotatable bonds is 5. The van der Waals surface area contributed by atoms with Crippen molar-refractivity contribution in [3.8, 4) is 11.5 Å². The lowest BCUT2D eigenvalue weighted by molar-refractivity contribution is 0.412. The number of benzene rings is 1. The molecule has 0 amide bonds. The number of hydrogen-bond acceptors (Lipinski definition) is 4. The highest BCUT2D eigenvalue weighted by Gasteiger charge is 2.11. The topological polar surface area (TPSA) is 51.0 Å². The van der Waals surface area contributed by atoms with Gasteiger partial charge in [0.15, 0.2) is 0 Å². The van der Waals surface area contributed by atoms with E-state index in [-0.39, 0.29) is 11.4 Å². The molecule has 0 atom stereocenters. The molecule has 0 spiro atoms. The van der Waals surface area contributed by atoms with E-state index in [0.717, 1.165) is 18.5 Å². The molecule has 0 aliphatic rings. The maximum atomic E-state index is 13.4. The minimum Gasteiger partial charge on any atom is -0.421 e. The fraction of sp³-hybridized carbons (Fsp3) is 0.500. The normalized spacial score (nSPS) is 11.9. The van der Waals surface area contributed by atoms with Crippen molar-refractivity contribution >= 4 is 0 Å². The van der Waals surface area contributed by atoms with Gasteiger partial charge >= 0.3 is 0 Å². The third-order valence-corrected chi connectivity index (χ3v) is 2.98. The van der Waals surface area contributed by atoms with Crippen LogP contribution in [-0.2, 0) is 6.42 Å². The second-order valence-corrected chi connectivity index (χ2v) is 6.30. The molecule has 0 fully saturated rings. The first-order chi connectivity index (χ1) is 9.83. The molecule has 0 aliphatic carbocycles. The molecule has 0 saturated carbocycles. The Morgan fingerprint density at radius 2 is 1.95 bits per heavy atom. The molecule has 0 unspecified atom stereocenters. The first-order valence-electron chi connectivity index (χ1n) is 7.18. The van der Waals surface area contributed by atoms with Crippen molar-refractivity contribution < 1.29 is 8.81 Å². The van der Waals surface area contributed by atoms with Crippen molar-refractivity contribution in [1.29, 1.82) is 0 Å². The summed E-state index contributed by atoms with van der Waals surface area (Å²) in [7, 11) is 0. The van der Waals surface area contributed by atoms with E-state index in [2.05, 4.69) is 36.3 Å². The molecular weight excluding hydrogens is 269 g/mol. The van der Waals surface area contributed by atoms with Crippen molar-refractivity contribution in [1.82, 2.24) is 15.5 Å². The van der Waals surface area contributed by atoms with Crippen molar-refractivity contribution in [2.75, 3.05) is 6.54 Å². The quantitative estimate of drug-likeness (QED) is 0.857. The van der Waals surface area contributed by atoms with Gasteiger partial charge in [-0.15, -0.1) is 10.2 Å². The molecule has 114 valence electrons. The third kappa shape index (κ3) is 4.93. The van der Waals surface area contributed by atoms with Gasteiger partial charge < -0.3 is 9.73 Å². The molecule has 2 rings (SSSR count). The SMILES string of the molecule is Cc1cc(F)cc(-c2nnc(CCCNC(C)(C)C)o2)c1. The van der Waals surface area contributed by atoms with Crippen LogP contribution in [0.4, 0.5) is 4.39 Å². The van der Waals surface area contributed by atoms with Crippen LogP contribution >= 0.6 is 0 Å². The number of nitrogens with one attached hydrogen (secondary N) is 1. The molecule has 0 saturated heterocycles. The molecule has 1 aromatic heterocycles. The van der Waals surface area contributed by atoms with Gasteiger partial charge in [-0.3, -0.25) is 0 Å².